The van der Waals surface area contributed by atoms with Crippen LogP contribution in [0.15, 0.2) is 48.5 Å². The summed E-state index contributed by atoms with van der Waals surface area (Å²) in [6.07, 6.45) is -4.28. The fourth-order valence-electron chi connectivity index (χ4n) is 2.66. The number of amides is 1. The topological polar surface area (TPSA) is 62.4 Å². The molecular weight excluding hydrogens is 371 g/mol. The molecule has 9 heteroatoms. The van der Waals surface area contributed by atoms with E-state index < -0.39 is 12.4 Å². The highest BCUT2D eigenvalue weighted by Crippen LogP contribution is 2.29. The zero-order valence-corrected chi connectivity index (χ0v) is 14.1. The summed E-state index contributed by atoms with van der Waals surface area (Å²) in [4.78, 5) is 12.3. The molecule has 0 radical (unpaired) electrons. The summed E-state index contributed by atoms with van der Waals surface area (Å²) in [5.74, 6) is -0.661. The maximum atomic E-state index is 12.3. The van der Waals surface area contributed by atoms with E-state index in [0.29, 0.717) is 17.1 Å². The van der Waals surface area contributed by atoms with Gasteiger partial charge in [0.05, 0.1) is 0 Å². The Morgan fingerprint density at radius 2 is 1.81 bits per heavy atom. The van der Waals surface area contributed by atoms with Gasteiger partial charge in [-0.05, 0) is 42.3 Å². The minimum Gasteiger partial charge on any atom is -0.406 e. The third-order valence-electron chi connectivity index (χ3n) is 3.86. The highest BCUT2D eigenvalue weighted by molar-refractivity contribution is 6.31. The fourth-order valence-corrected chi connectivity index (χ4v) is 2.93. The lowest BCUT2D eigenvalue weighted by molar-refractivity contribution is -0.274. The Bertz CT molecular complexity index is 784. The van der Waals surface area contributed by atoms with Crippen LogP contribution in [0.3, 0.4) is 0 Å². The summed E-state index contributed by atoms with van der Waals surface area (Å²) >= 11 is 6.16. The van der Waals surface area contributed by atoms with Gasteiger partial charge in [-0.25, -0.2) is 10.9 Å². The van der Waals surface area contributed by atoms with Gasteiger partial charge in [-0.3, -0.25) is 4.79 Å². The van der Waals surface area contributed by atoms with Crippen LogP contribution in [0.4, 0.5) is 18.9 Å². The van der Waals surface area contributed by atoms with Crippen molar-refractivity contribution in [2.24, 2.45) is 0 Å². The molecule has 3 N–H and O–H groups in total. The lowest BCUT2D eigenvalue weighted by Crippen LogP contribution is -2.39. The smallest absolute Gasteiger partial charge is 0.406 e. The van der Waals surface area contributed by atoms with Crippen LogP contribution in [0.2, 0.25) is 5.02 Å². The van der Waals surface area contributed by atoms with Gasteiger partial charge in [-0.15, -0.1) is 13.2 Å². The van der Waals surface area contributed by atoms with Crippen molar-refractivity contribution in [3.63, 3.8) is 0 Å². The van der Waals surface area contributed by atoms with Crippen LogP contribution < -0.4 is 20.9 Å². The van der Waals surface area contributed by atoms with Crippen LogP contribution in [0.5, 0.6) is 5.75 Å². The highest BCUT2D eigenvalue weighted by Gasteiger charge is 2.32. The fraction of sp³-hybridized carbons (Fsp3) is 0.235. The van der Waals surface area contributed by atoms with Crippen molar-refractivity contribution in [3.05, 3.63) is 59.1 Å². The first-order valence-corrected chi connectivity index (χ1v) is 8.12. The second-order valence-electron chi connectivity index (χ2n) is 5.71. The predicted molar refractivity (Wildman–Crippen MR) is 90.6 cm³/mol. The predicted octanol–water partition coefficient (Wildman–Crippen LogP) is 3.78. The van der Waals surface area contributed by atoms with Crippen molar-refractivity contribution < 1.29 is 22.7 Å². The van der Waals surface area contributed by atoms with Gasteiger partial charge >= 0.3 is 6.36 Å². The van der Waals surface area contributed by atoms with Crippen LogP contribution >= 0.6 is 11.6 Å². The van der Waals surface area contributed by atoms with E-state index in [0.717, 1.165) is 17.7 Å². The largest absolute Gasteiger partial charge is 0.573 e. The zero-order valence-electron chi connectivity index (χ0n) is 13.3. The van der Waals surface area contributed by atoms with E-state index in [-0.39, 0.29) is 17.7 Å². The van der Waals surface area contributed by atoms with Crippen LogP contribution in [-0.2, 0) is 4.79 Å². The van der Waals surface area contributed by atoms with Crippen molar-refractivity contribution in [3.8, 4) is 5.75 Å². The van der Waals surface area contributed by atoms with Crippen molar-refractivity contribution in [2.75, 3.05) is 5.32 Å². The summed E-state index contributed by atoms with van der Waals surface area (Å²) in [6, 6.07) is 11.7. The maximum absolute atomic E-state index is 12.3. The minimum absolute atomic E-state index is 0.123. The van der Waals surface area contributed by atoms with Gasteiger partial charge in [-0.2, -0.15) is 0 Å². The molecule has 26 heavy (non-hydrogen) atoms. The third-order valence-corrected chi connectivity index (χ3v) is 4.20. The Kier molecular flexibility index (Phi) is 5.36. The van der Waals surface area contributed by atoms with Crippen LogP contribution in [0.25, 0.3) is 0 Å². The van der Waals surface area contributed by atoms with Gasteiger partial charge in [0.25, 0.3) is 0 Å². The number of alkyl halides is 3. The first-order chi connectivity index (χ1) is 12.3. The van der Waals surface area contributed by atoms with E-state index in [4.69, 9.17) is 11.6 Å². The van der Waals surface area contributed by atoms with Crippen LogP contribution in [0.1, 0.15) is 18.0 Å². The molecule has 1 heterocycles. The molecule has 1 amide bonds. The summed E-state index contributed by atoms with van der Waals surface area (Å²) in [7, 11) is 0. The summed E-state index contributed by atoms with van der Waals surface area (Å²) < 4.78 is 40.2. The average Bonchev–Trinajstić information content (AvgIpc) is 3.06. The lowest BCUT2D eigenvalue weighted by Gasteiger charge is -2.12. The number of halogens is 4. The van der Waals surface area contributed by atoms with E-state index in [1.54, 1.807) is 6.07 Å². The highest BCUT2D eigenvalue weighted by atomic mass is 35.5. The summed E-state index contributed by atoms with van der Waals surface area (Å²) in [5, 5.41) is 3.25. The first kappa shape index (κ1) is 18.5. The van der Waals surface area contributed by atoms with Crippen molar-refractivity contribution in [1.29, 1.82) is 0 Å². The van der Waals surface area contributed by atoms with Gasteiger partial charge in [-0.1, -0.05) is 29.8 Å². The van der Waals surface area contributed by atoms with E-state index in [9.17, 15) is 18.0 Å². The number of rotatable bonds is 4. The molecule has 0 spiro atoms. The van der Waals surface area contributed by atoms with Crippen LogP contribution in [0, 0.1) is 0 Å². The van der Waals surface area contributed by atoms with E-state index in [2.05, 4.69) is 20.9 Å². The van der Waals surface area contributed by atoms with Gasteiger partial charge in [0.2, 0.25) is 5.91 Å². The molecular formula is C17H15ClF3N3O2. The SMILES string of the molecule is O=C(Nc1ccc(OC(F)(F)F)cc1)C1CC(c2ccccc2Cl)NN1. The monoisotopic (exact) mass is 385 g/mol. The lowest BCUT2D eigenvalue weighted by atomic mass is 10.0. The molecule has 0 aliphatic carbocycles. The van der Waals surface area contributed by atoms with Gasteiger partial charge in [0.15, 0.2) is 0 Å². The Balaban J connectivity index is 1.58. The Hall–Kier alpha value is -2.29. The molecule has 2 unspecified atom stereocenters. The molecule has 2 aromatic rings. The zero-order chi connectivity index (χ0) is 18.7. The number of anilines is 1. The molecule has 1 fully saturated rings. The van der Waals surface area contributed by atoms with Crippen molar-refractivity contribution in [2.45, 2.75) is 24.9 Å². The molecule has 2 aromatic carbocycles. The van der Waals surface area contributed by atoms with Crippen LogP contribution in [-0.4, -0.2) is 18.3 Å². The number of carbonyl (C=O) groups is 1. The standard InChI is InChI=1S/C17H15ClF3N3O2/c18-13-4-2-1-3-12(13)14-9-15(24-23-14)16(25)22-10-5-7-11(8-6-10)26-17(19,20)21/h1-8,14-15,23-24H,9H2,(H,22,25). The molecule has 138 valence electrons. The average molecular weight is 386 g/mol. The molecule has 1 aliphatic rings. The number of hydrogen-bond donors (Lipinski definition) is 3. The molecule has 0 saturated carbocycles. The third kappa shape index (κ3) is 4.66. The minimum atomic E-state index is -4.75. The number of hydrogen-bond acceptors (Lipinski definition) is 4. The van der Waals surface area contributed by atoms with Gasteiger partial charge in [0.1, 0.15) is 11.8 Å². The second-order valence-corrected chi connectivity index (χ2v) is 6.12. The molecule has 1 saturated heterocycles. The normalized spacial score (nSPS) is 20.0. The summed E-state index contributed by atoms with van der Waals surface area (Å²) in [5.41, 5.74) is 7.17. The Morgan fingerprint density at radius 3 is 2.46 bits per heavy atom. The number of nitrogens with one attached hydrogen (secondary N) is 3. The molecule has 1 aliphatic heterocycles. The maximum Gasteiger partial charge on any atom is 0.573 e. The van der Waals surface area contributed by atoms with E-state index in [1.165, 1.54) is 12.1 Å². The van der Waals surface area contributed by atoms with Crippen molar-refractivity contribution >= 4 is 23.2 Å². The van der Waals surface area contributed by atoms with E-state index >= 15 is 0 Å². The molecule has 2 atom stereocenters. The van der Waals surface area contributed by atoms with Gasteiger partial charge < -0.3 is 10.1 Å². The van der Waals surface area contributed by atoms with E-state index in [1.807, 2.05) is 18.2 Å². The number of benzene rings is 2. The number of hydrazine groups is 1. The molecule has 0 aromatic heterocycles. The molecule has 3 rings (SSSR count). The van der Waals surface area contributed by atoms with Gasteiger partial charge in [0, 0.05) is 16.8 Å². The molecule has 5 nitrogen and oxygen atoms in total. The van der Waals surface area contributed by atoms with Crippen molar-refractivity contribution in [1.82, 2.24) is 10.9 Å². The second kappa shape index (κ2) is 7.53. The Labute approximate surface area is 152 Å². The Morgan fingerprint density at radius 1 is 1.12 bits per heavy atom. The first-order valence-electron chi connectivity index (χ1n) is 7.74. The number of ether oxygens (including phenoxy) is 1. The quantitative estimate of drug-likeness (QED) is 0.749. The molecule has 0 bridgehead atoms. The summed E-state index contributed by atoms with van der Waals surface area (Å²) in [6.45, 7) is 0. The number of carbonyl (C=O) groups excluding carboxylic acids is 1.